The molecular weight excluding hydrogens is 272 g/mol. The molecule has 0 amide bonds. The Hall–Kier alpha value is -1.27. The second kappa shape index (κ2) is 6.23. The van der Waals surface area contributed by atoms with Gasteiger partial charge in [-0.3, -0.25) is 4.79 Å². The van der Waals surface area contributed by atoms with E-state index >= 15 is 0 Å². The average Bonchev–Trinajstić information content (AvgIpc) is 2.46. The first-order chi connectivity index (χ1) is 9.79. The maximum Gasteiger partial charge on any atom is 0.187 e. The van der Waals surface area contributed by atoms with E-state index in [-0.39, 0.29) is 24.4 Å². The van der Waals surface area contributed by atoms with E-state index in [1.165, 1.54) is 0 Å². The van der Waals surface area contributed by atoms with Crippen LogP contribution in [0.15, 0.2) is 24.3 Å². The Bertz CT molecular complexity index is 478. The fraction of sp³-hybridized carbons (Fsp3) is 0.562. The fourth-order valence-electron chi connectivity index (χ4n) is 2.16. The molecule has 1 aromatic carbocycles. The lowest BCUT2D eigenvalue weighted by Gasteiger charge is -2.29. The van der Waals surface area contributed by atoms with Gasteiger partial charge in [0.2, 0.25) is 0 Å². The molecule has 21 heavy (non-hydrogen) atoms. The minimum Gasteiger partial charge on any atom is -0.385 e. The highest BCUT2D eigenvalue weighted by atomic mass is 16.7. The Labute approximate surface area is 124 Å². The van der Waals surface area contributed by atoms with Crippen molar-refractivity contribution in [3.8, 4) is 0 Å². The first-order valence-corrected chi connectivity index (χ1v) is 7.00. The topological polar surface area (TPSA) is 76.0 Å². The van der Waals surface area contributed by atoms with Crippen LogP contribution in [0.25, 0.3) is 0 Å². The smallest absolute Gasteiger partial charge is 0.187 e. The molecular formula is C16H22O5. The summed E-state index contributed by atoms with van der Waals surface area (Å²) >= 11 is 0. The second-order valence-electron chi connectivity index (χ2n) is 6.34. The minimum atomic E-state index is -1.24. The lowest BCUT2D eigenvalue weighted by Crippen LogP contribution is -2.42. The van der Waals surface area contributed by atoms with Gasteiger partial charge in [-0.25, -0.2) is 0 Å². The van der Waals surface area contributed by atoms with Gasteiger partial charge in [0.1, 0.15) is 25.4 Å². The number of rotatable bonds is 3. The van der Waals surface area contributed by atoms with Crippen LogP contribution < -0.4 is 0 Å². The van der Waals surface area contributed by atoms with E-state index in [9.17, 15) is 15.0 Å². The normalized spacial score (nSPS) is 20.3. The SMILES string of the molecule is CC(C)(C)c1ccc(C(O)C(O)C2OCC(=O)CO2)cc1. The molecule has 2 atom stereocenters. The molecule has 2 rings (SSSR count). The zero-order valence-electron chi connectivity index (χ0n) is 12.6. The molecule has 2 unspecified atom stereocenters. The van der Waals surface area contributed by atoms with Crippen LogP contribution in [0, 0.1) is 0 Å². The average molecular weight is 294 g/mol. The van der Waals surface area contributed by atoms with Crippen LogP contribution in [0.5, 0.6) is 0 Å². The van der Waals surface area contributed by atoms with Crippen molar-refractivity contribution >= 4 is 5.78 Å². The number of carbonyl (C=O) groups excluding carboxylic acids is 1. The summed E-state index contributed by atoms with van der Waals surface area (Å²) in [7, 11) is 0. The van der Waals surface area contributed by atoms with Gasteiger partial charge in [-0.05, 0) is 16.5 Å². The minimum absolute atomic E-state index is 0.0258. The van der Waals surface area contributed by atoms with E-state index in [2.05, 4.69) is 20.8 Å². The van der Waals surface area contributed by atoms with Crippen LogP contribution in [0.1, 0.15) is 38.0 Å². The lowest BCUT2D eigenvalue weighted by atomic mass is 9.86. The van der Waals surface area contributed by atoms with Crippen LogP contribution in [-0.2, 0) is 19.7 Å². The molecule has 1 saturated heterocycles. The van der Waals surface area contributed by atoms with Crippen molar-refractivity contribution in [2.24, 2.45) is 0 Å². The van der Waals surface area contributed by atoms with Gasteiger partial charge in [0, 0.05) is 0 Å². The van der Waals surface area contributed by atoms with Crippen molar-refractivity contribution in [3.05, 3.63) is 35.4 Å². The Kier molecular flexibility index (Phi) is 4.78. The number of carbonyl (C=O) groups is 1. The zero-order valence-corrected chi connectivity index (χ0v) is 12.6. The summed E-state index contributed by atoms with van der Waals surface area (Å²) < 4.78 is 10.2. The molecule has 1 aliphatic rings. The molecule has 0 aromatic heterocycles. The number of Topliss-reactive ketones (excluding diaryl/α,β-unsaturated/α-hetero) is 1. The van der Waals surface area contributed by atoms with Gasteiger partial charge in [0.15, 0.2) is 12.1 Å². The largest absolute Gasteiger partial charge is 0.385 e. The summed E-state index contributed by atoms with van der Waals surface area (Å²) in [4.78, 5) is 11.0. The maximum atomic E-state index is 11.0. The predicted octanol–water partition coefficient (Wildman–Crippen LogP) is 1.32. The highest BCUT2D eigenvalue weighted by Gasteiger charge is 2.32. The van der Waals surface area contributed by atoms with Crippen LogP contribution in [0.3, 0.4) is 0 Å². The second-order valence-corrected chi connectivity index (χ2v) is 6.34. The van der Waals surface area contributed by atoms with E-state index in [0.29, 0.717) is 5.56 Å². The van der Waals surface area contributed by atoms with Crippen LogP contribution >= 0.6 is 0 Å². The summed E-state index contributed by atoms with van der Waals surface area (Å²) in [5, 5.41) is 20.3. The van der Waals surface area contributed by atoms with Crippen molar-refractivity contribution in [1.82, 2.24) is 0 Å². The molecule has 1 fully saturated rings. The highest BCUT2D eigenvalue weighted by Crippen LogP contribution is 2.26. The van der Waals surface area contributed by atoms with E-state index in [1.54, 1.807) is 12.1 Å². The number of ketones is 1. The number of hydrogen-bond donors (Lipinski definition) is 2. The Morgan fingerprint density at radius 3 is 2.10 bits per heavy atom. The van der Waals surface area contributed by atoms with Gasteiger partial charge in [0.25, 0.3) is 0 Å². The Morgan fingerprint density at radius 2 is 1.62 bits per heavy atom. The molecule has 0 spiro atoms. The van der Waals surface area contributed by atoms with Crippen molar-refractivity contribution in [2.45, 2.75) is 44.7 Å². The molecule has 1 aromatic rings. The van der Waals surface area contributed by atoms with Crippen LogP contribution in [0.4, 0.5) is 0 Å². The third-order valence-corrected chi connectivity index (χ3v) is 3.54. The molecule has 5 nitrogen and oxygen atoms in total. The Balaban J connectivity index is 2.05. The molecule has 116 valence electrons. The fourth-order valence-corrected chi connectivity index (χ4v) is 2.16. The van der Waals surface area contributed by atoms with E-state index in [0.717, 1.165) is 5.56 Å². The summed E-state index contributed by atoms with van der Waals surface area (Å²) in [5.41, 5.74) is 1.75. The number of aliphatic hydroxyl groups is 2. The van der Waals surface area contributed by atoms with Gasteiger partial charge >= 0.3 is 0 Å². The van der Waals surface area contributed by atoms with Crippen molar-refractivity contribution in [2.75, 3.05) is 13.2 Å². The summed E-state index contributed by atoms with van der Waals surface area (Å²) in [5.74, 6) is -0.178. The van der Waals surface area contributed by atoms with Gasteiger partial charge in [0.05, 0.1) is 0 Å². The number of benzene rings is 1. The summed E-state index contributed by atoms with van der Waals surface area (Å²) in [6.45, 7) is 6.12. The van der Waals surface area contributed by atoms with Crippen molar-refractivity contribution in [1.29, 1.82) is 0 Å². The standard InChI is InChI=1S/C16H22O5/c1-16(2,3)11-6-4-10(5-7-11)13(18)14(19)15-20-8-12(17)9-21-15/h4-7,13-15,18-19H,8-9H2,1-3H3. The molecule has 1 aliphatic heterocycles. The van der Waals surface area contributed by atoms with Crippen LogP contribution in [-0.4, -0.2) is 41.6 Å². The molecule has 2 N–H and O–H groups in total. The Morgan fingerprint density at radius 1 is 1.10 bits per heavy atom. The van der Waals surface area contributed by atoms with E-state index in [4.69, 9.17) is 9.47 Å². The predicted molar refractivity (Wildman–Crippen MR) is 76.8 cm³/mol. The van der Waals surface area contributed by atoms with Crippen molar-refractivity contribution < 1.29 is 24.5 Å². The highest BCUT2D eigenvalue weighted by molar-refractivity contribution is 5.81. The third-order valence-electron chi connectivity index (χ3n) is 3.54. The van der Waals surface area contributed by atoms with Gasteiger partial charge in [-0.15, -0.1) is 0 Å². The van der Waals surface area contributed by atoms with Crippen LogP contribution in [0.2, 0.25) is 0 Å². The summed E-state index contributed by atoms with van der Waals surface area (Å²) in [6, 6.07) is 7.42. The number of aliphatic hydroxyl groups excluding tert-OH is 2. The molecule has 0 bridgehead atoms. The molecule has 1 heterocycles. The van der Waals surface area contributed by atoms with E-state index in [1.807, 2.05) is 12.1 Å². The monoisotopic (exact) mass is 294 g/mol. The lowest BCUT2D eigenvalue weighted by molar-refractivity contribution is -0.233. The zero-order chi connectivity index (χ0) is 15.6. The summed E-state index contributed by atoms with van der Waals surface area (Å²) in [6.07, 6.45) is -3.35. The molecule has 0 aliphatic carbocycles. The van der Waals surface area contributed by atoms with E-state index < -0.39 is 18.5 Å². The van der Waals surface area contributed by atoms with Gasteiger partial charge < -0.3 is 19.7 Å². The third kappa shape index (κ3) is 3.89. The molecule has 0 radical (unpaired) electrons. The quantitative estimate of drug-likeness (QED) is 0.879. The van der Waals surface area contributed by atoms with Gasteiger partial charge in [-0.1, -0.05) is 45.0 Å². The first-order valence-electron chi connectivity index (χ1n) is 7.00. The molecule has 0 saturated carbocycles. The maximum absolute atomic E-state index is 11.0. The molecule has 5 heteroatoms. The van der Waals surface area contributed by atoms with Crippen molar-refractivity contribution in [3.63, 3.8) is 0 Å². The first kappa shape index (κ1) is 16.1. The number of ether oxygens (including phenoxy) is 2. The number of hydrogen-bond acceptors (Lipinski definition) is 5. The van der Waals surface area contributed by atoms with Gasteiger partial charge in [-0.2, -0.15) is 0 Å².